The third-order valence-corrected chi connectivity index (χ3v) is 3.97. The van der Waals surface area contributed by atoms with Crippen molar-refractivity contribution >= 4 is 27.8 Å². The van der Waals surface area contributed by atoms with Gasteiger partial charge in [-0.3, -0.25) is 4.79 Å². The Balaban J connectivity index is 1.67. The number of nitrogens with one attached hydrogen (secondary N) is 1. The smallest absolute Gasteiger partial charge is 0.326 e. The Bertz CT molecular complexity index is 516. The molecule has 1 amide bonds. The van der Waals surface area contributed by atoms with Gasteiger partial charge in [-0.15, -0.1) is 0 Å². The van der Waals surface area contributed by atoms with Crippen molar-refractivity contribution in [3.63, 3.8) is 0 Å². The Morgan fingerprint density at radius 3 is 2.71 bits per heavy atom. The standard InChI is InChI=1S/C15H18BrNO4/c16-11-4-1-2-5-12(11)21-9-3-6-13(18)17-14(15(19)20)10-7-8-10/h1-2,4-5,10,14H,3,6-9H2,(H,17,18)(H,19,20). The minimum absolute atomic E-state index is 0.1000. The van der Waals surface area contributed by atoms with Gasteiger partial charge in [-0.25, -0.2) is 4.79 Å². The number of carbonyl (C=O) groups is 2. The Hall–Kier alpha value is -1.56. The van der Waals surface area contributed by atoms with Gasteiger partial charge in [0.1, 0.15) is 11.8 Å². The van der Waals surface area contributed by atoms with E-state index < -0.39 is 12.0 Å². The number of amides is 1. The van der Waals surface area contributed by atoms with Crippen molar-refractivity contribution in [2.45, 2.75) is 31.7 Å². The van der Waals surface area contributed by atoms with Crippen molar-refractivity contribution in [3.05, 3.63) is 28.7 Å². The quantitative estimate of drug-likeness (QED) is 0.702. The van der Waals surface area contributed by atoms with Crippen LogP contribution in [0.4, 0.5) is 0 Å². The van der Waals surface area contributed by atoms with Gasteiger partial charge in [0, 0.05) is 6.42 Å². The first-order valence-electron chi connectivity index (χ1n) is 6.97. The summed E-state index contributed by atoms with van der Waals surface area (Å²) in [5.74, 6) is -0.345. The molecule has 0 spiro atoms. The zero-order valence-corrected chi connectivity index (χ0v) is 13.1. The van der Waals surface area contributed by atoms with Crippen LogP contribution >= 0.6 is 15.9 Å². The molecule has 1 unspecified atom stereocenters. The first-order chi connectivity index (χ1) is 10.1. The van der Waals surface area contributed by atoms with E-state index in [1.807, 2.05) is 24.3 Å². The van der Waals surface area contributed by atoms with Crippen LogP contribution in [0.1, 0.15) is 25.7 Å². The Labute approximate surface area is 131 Å². The van der Waals surface area contributed by atoms with Gasteiger partial charge in [-0.1, -0.05) is 12.1 Å². The molecule has 0 aliphatic heterocycles. The third-order valence-electron chi connectivity index (χ3n) is 3.32. The molecule has 21 heavy (non-hydrogen) atoms. The number of rotatable bonds is 8. The molecule has 0 radical (unpaired) electrons. The molecule has 1 saturated carbocycles. The van der Waals surface area contributed by atoms with Gasteiger partial charge >= 0.3 is 5.97 Å². The monoisotopic (exact) mass is 355 g/mol. The molecule has 1 fully saturated rings. The molecule has 5 nitrogen and oxygen atoms in total. The van der Waals surface area contributed by atoms with Crippen LogP contribution in [0, 0.1) is 5.92 Å². The maximum absolute atomic E-state index is 11.7. The van der Waals surface area contributed by atoms with Crippen LogP contribution in [0.3, 0.4) is 0 Å². The number of hydrogen-bond donors (Lipinski definition) is 2. The highest BCUT2D eigenvalue weighted by Gasteiger charge is 2.37. The second kappa shape index (κ2) is 7.45. The minimum atomic E-state index is -0.949. The van der Waals surface area contributed by atoms with Crippen LogP contribution < -0.4 is 10.1 Å². The molecule has 2 rings (SSSR count). The van der Waals surface area contributed by atoms with Crippen LogP contribution in [-0.2, 0) is 9.59 Å². The molecule has 1 aromatic rings. The highest BCUT2D eigenvalue weighted by Crippen LogP contribution is 2.32. The number of hydrogen-bond acceptors (Lipinski definition) is 3. The van der Waals surface area contributed by atoms with Crippen molar-refractivity contribution in [1.29, 1.82) is 0 Å². The maximum atomic E-state index is 11.7. The Kier molecular flexibility index (Phi) is 5.61. The van der Waals surface area contributed by atoms with E-state index >= 15 is 0 Å². The summed E-state index contributed by atoms with van der Waals surface area (Å²) in [7, 11) is 0. The van der Waals surface area contributed by atoms with Crippen molar-refractivity contribution in [3.8, 4) is 5.75 Å². The number of carboxylic acids is 1. The van der Waals surface area contributed by atoms with Gasteiger partial charge in [0.2, 0.25) is 5.91 Å². The number of aliphatic carboxylic acids is 1. The molecule has 1 aliphatic carbocycles. The zero-order valence-electron chi connectivity index (χ0n) is 11.5. The van der Waals surface area contributed by atoms with Crippen molar-refractivity contribution in [2.75, 3.05) is 6.61 Å². The van der Waals surface area contributed by atoms with Crippen molar-refractivity contribution in [1.82, 2.24) is 5.32 Å². The van der Waals surface area contributed by atoms with Crippen molar-refractivity contribution < 1.29 is 19.4 Å². The van der Waals surface area contributed by atoms with E-state index in [-0.39, 0.29) is 18.2 Å². The first-order valence-corrected chi connectivity index (χ1v) is 7.76. The van der Waals surface area contributed by atoms with Gasteiger partial charge in [0.05, 0.1) is 11.1 Å². The highest BCUT2D eigenvalue weighted by molar-refractivity contribution is 9.10. The topological polar surface area (TPSA) is 75.6 Å². The fraction of sp³-hybridized carbons (Fsp3) is 0.467. The Morgan fingerprint density at radius 1 is 1.38 bits per heavy atom. The largest absolute Gasteiger partial charge is 0.492 e. The number of carboxylic acid groups (broad SMARTS) is 1. The molecule has 0 bridgehead atoms. The average molecular weight is 356 g/mol. The van der Waals surface area contributed by atoms with Crippen LogP contribution in [0.5, 0.6) is 5.75 Å². The number of benzene rings is 1. The molecular formula is C15H18BrNO4. The van der Waals surface area contributed by atoms with Crippen LogP contribution in [-0.4, -0.2) is 29.6 Å². The average Bonchev–Trinajstić information content (AvgIpc) is 3.27. The fourth-order valence-electron chi connectivity index (χ4n) is 2.03. The minimum Gasteiger partial charge on any atom is -0.492 e. The molecule has 1 aliphatic rings. The molecule has 6 heteroatoms. The predicted molar refractivity (Wildman–Crippen MR) is 81.2 cm³/mol. The molecule has 0 aromatic heterocycles. The van der Waals surface area contributed by atoms with Crippen LogP contribution in [0.25, 0.3) is 0 Å². The molecule has 0 heterocycles. The highest BCUT2D eigenvalue weighted by atomic mass is 79.9. The first kappa shape index (κ1) is 15.8. The third kappa shape index (κ3) is 5.04. The van der Waals surface area contributed by atoms with Gasteiger partial charge in [0.25, 0.3) is 0 Å². The summed E-state index contributed by atoms with van der Waals surface area (Å²) >= 11 is 3.38. The van der Waals surface area contributed by atoms with Crippen LogP contribution in [0.15, 0.2) is 28.7 Å². The normalized spacial score (nSPS) is 15.3. The lowest BCUT2D eigenvalue weighted by molar-refractivity contribution is -0.142. The summed E-state index contributed by atoms with van der Waals surface area (Å²) in [6.07, 6.45) is 2.57. The van der Waals surface area contributed by atoms with Gasteiger partial charge in [-0.2, -0.15) is 0 Å². The number of ether oxygens (including phenoxy) is 1. The zero-order chi connectivity index (χ0) is 15.2. The number of halogens is 1. The molecule has 0 saturated heterocycles. The van der Waals surface area contributed by atoms with Crippen LogP contribution in [0.2, 0.25) is 0 Å². The van der Waals surface area contributed by atoms with E-state index in [1.54, 1.807) is 0 Å². The van der Waals surface area contributed by atoms with Gasteiger partial charge in [0.15, 0.2) is 0 Å². The summed E-state index contributed by atoms with van der Waals surface area (Å²) in [6, 6.07) is 6.77. The summed E-state index contributed by atoms with van der Waals surface area (Å²) in [6.45, 7) is 0.414. The lowest BCUT2D eigenvalue weighted by atomic mass is 10.2. The second-order valence-electron chi connectivity index (χ2n) is 5.10. The van der Waals surface area contributed by atoms with Crippen molar-refractivity contribution in [2.24, 2.45) is 5.92 Å². The molecule has 1 atom stereocenters. The Morgan fingerprint density at radius 2 is 2.10 bits per heavy atom. The second-order valence-corrected chi connectivity index (χ2v) is 5.96. The summed E-state index contributed by atoms with van der Waals surface area (Å²) in [5.41, 5.74) is 0. The summed E-state index contributed by atoms with van der Waals surface area (Å²) in [4.78, 5) is 22.8. The maximum Gasteiger partial charge on any atom is 0.326 e. The van der Waals surface area contributed by atoms with E-state index in [0.29, 0.717) is 13.0 Å². The number of carbonyl (C=O) groups excluding carboxylic acids is 1. The predicted octanol–water partition coefficient (Wildman–Crippen LogP) is 2.59. The van der Waals surface area contributed by atoms with Gasteiger partial charge in [-0.05, 0) is 53.2 Å². The van der Waals surface area contributed by atoms with Gasteiger partial charge < -0.3 is 15.2 Å². The van der Waals surface area contributed by atoms with E-state index in [9.17, 15) is 9.59 Å². The van der Waals surface area contributed by atoms with E-state index in [1.165, 1.54) is 0 Å². The van der Waals surface area contributed by atoms with E-state index in [2.05, 4.69) is 21.2 Å². The lowest BCUT2D eigenvalue weighted by Crippen LogP contribution is -2.42. The number of para-hydroxylation sites is 1. The van der Waals surface area contributed by atoms with E-state index in [0.717, 1.165) is 23.1 Å². The molecule has 2 N–H and O–H groups in total. The molecular weight excluding hydrogens is 338 g/mol. The summed E-state index contributed by atoms with van der Waals surface area (Å²) < 4.78 is 6.43. The molecule has 114 valence electrons. The summed E-state index contributed by atoms with van der Waals surface area (Å²) in [5, 5.41) is 11.6. The molecule has 1 aromatic carbocycles. The lowest BCUT2D eigenvalue weighted by Gasteiger charge is -2.13. The fourth-order valence-corrected chi connectivity index (χ4v) is 2.43. The SMILES string of the molecule is O=C(CCCOc1ccccc1Br)NC(C(=O)O)C1CC1. The van der Waals surface area contributed by atoms with E-state index in [4.69, 9.17) is 9.84 Å².